The van der Waals surface area contributed by atoms with Crippen LogP contribution in [-0.4, -0.2) is 48.2 Å². The van der Waals surface area contributed by atoms with E-state index in [1.54, 1.807) is 4.90 Å². The summed E-state index contributed by atoms with van der Waals surface area (Å²) in [6, 6.07) is 7.74. The van der Waals surface area contributed by atoms with E-state index in [-0.39, 0.29) is 11.9 Å². The first-order valence-corrected chi connectivity index (χ1v) is 8.12. The van der Waals surface area contributed by atoms with E-state index in [0.29, 0.717) is 32.7 Å². The van der Waals surface area contributed by atoms with Crippen LogP contribution in [0.3, 0.4) is 0 Å². The molecule has 0 saturated carbocycles. The van der Waals surface area contributed by atoms with Crippen LogP contribution in [0.2, 0.25) is 0 Å². The largest absolute Gasteiger partial charge is 0.493 e. The zero-order valence-electron chi connectivity index (χ0n) is 13.0. The van der Waals surface area contributed by atoms with Gasteiger partial charge in [0.15, 0.2) is 0 Å². The number of amides is 2. The summed E-state index contributed by atoms with van der Waals surface area (Å²) in [5, 5.41) is 12.1. The summed E-state index contributed by atoms with van der Waals surface area (Å²) in [4.78, 5) is 25.0. The summed E-state index contributed by atoms with van der Waals surface area (Å²) < 4.78 is 5.63. The van der Waals surface area contributed by atoms with Crippen LogP contribution in [-0.2, 0) is 4.79 Å². The quantitative estimate of drug-likeness (QED) is 0.894. The number of aliphatic carboxylic acids is 1. The Balaban J connectivity index is 1.56. The van der Waals surface area contributed by atoms with Crippen molar-refractivity contribution in [2.45, 2.75) is 25.2 Å². The van der Waals surface area contributed by atoms with E-state index < -0.39 is 11.9 Å². The minimum Gasteiger partial charge on any atom is -0.493 e. The molecule has 0 bridgehead atoms. The number of carbonyl (C=O) groups is 2. The monoisotopic (exact) mass is 318 g/mol. The van der Waals surface area contributed by atoms with Gasteiger partial charge in [-0.15, -0.1) is 0 Å². The van der Waals surface area contributed by atoms with E-state index >= 15 is 0 Å². The molecule has 1 aromatic rings. The number of rotatable bonds is 3. The molecule has 0 aliphatic carbocycles. The van der Waals surface area contributed by atoms with Crippen LogP contribution in [0.25, 0.3) is 0 Å². The first-order valence-electron chi connectivity index (χ1n) is 8.12. The van der Waals surface area contributed by atoms with Crippen LogP contribution in [0.4, 0.5) is 4.79 Å². The number of carbonyl (C=O) groups excluding carboxylic acids is 1. The van der Waals surface area contributed by atoms with Crippen LogP contribution < -0.4 is 10.1 Å². The average molecular weight is 318 g/mol. The van der Waals surface area contributed by atoms with Gasteiger partial charge >= 0.3 is 12.0 Å². The molecule has 2 aliphatic heterocycles. The Bertz CT molecular complexity index is 590. The van der Waals surface area contributed by atoms with Crippen molar-refractivity contribution >= 4 is 12.0 Å². The number of piperidine rings is 1. The molecule has 1 fully saturated rings. The number of carboxylic acids is 1. The maximum atomic E-state index is 12.3. The second-order valence-electron chi connectivity index (χ2n) is 6.18. The summed E-state index contributed by atoms with van der Waals surface area (Å²) in [6.45, 7) is 2.13. The SMILES string of the molecule is O=C(O)C1CCCN(C(=O)NCC2CCOc3ccccc32)C1. The van der Waals surface area contributed by atoms with Gasteiger partial charge < -0.3 is 20.1 Å². The highest BCUT2D eigenvalue weighted by Gasteiger charge is 2.29. The molecule has 2 atom stereocenters. The molecule has 2 unspecified atom stereocenters. The second kappa shape index (κ2) is 6.89. The smallest absolute Gasteiger partial charge is 0.317 e. The van der Waals surface area contributed by atoms with Crippen molar-refractivity contribution in [2.75, 3.05) is 26.2 Å². The molecule has 1 aromatic carbocycles. The number of carboxylic acid groups (broad SMARTS) is 1. The minimum absolute atomic E-state index is 0.167. The summed E-state index contributed by atoms with van der Waals surface area (Å²) in [5.74, 6) is -0.134. The number of urea groups is 1. The standard InChI is InChI=1S/C17H22N2O4/c20-16(21)13-4-3-8-19(11-13)17(22)18-10-12-7-9-23-15-6-2-1-5-14(12)15/h1-2,5-6,12-13H,3-4,7-11H2,(H,18,22)(H,20,21). The highest BCUT2D eigenvalue weighted by molar-refractivity contribution is 5.76. The molecule has 6 heteroatoms. The lowest BCUT2D eigenvalue weighted by Crippen LogP contribution is -2.48. The van der Waals surface area contributed by atoms with Crippen LogP contribution >= 0.6 is 0 Å². The van der Waals surface area contributed by atoms with Gasteiger partial charge in [-0.25, -0.2) is 4.79 Å². The van der Waals surface area contributed by atoms with Gasteiger partial charge in [-0.05, 0) is 30.9 Å². The van der Waals surface area contributed by atoms with E-state index in [4.69, 9.17) is 9.84 Å². The van der Waals surface area contributed by atoms with E-state index in [0.717, 1.165) is 24.2 Å². The number of para-hydroxylation sites is 1. The van der Waals surface area contributed by atoms with Gasteiger partial charge in [0.05, 0.1) is 12.5 Å². The Morgan fingerprint density at radius 3 is 2.96 bits per heavy atom. The van der Waals surface area contributed by atoms with Crippen molar-refractivity contribution in [3.63, 3.8) is 0 Å². The number of ether oxygens (including phenoxy) is 1. The summed E-state index contributed by atoms with van der Waals surface area (Å²) >= 11 is 0. The first-order chi connectivity index (χ1) is 11.1. The second-order valence-corrected chi connectivity index (χ2v) is 6.18. The van der Waals surface area contributed by atoms with Gasteiger partial charge in [-0.1, -0.05) is 18.2 Å². The van der Waals surface area contributed by atoms with Crippen LogP contribution in [0.1, 0.15) is 30.7 Å². The van der Waals surface area contributed by atoms with Gasteiger partial charge in [0.1, 0.15) is 5.75 Å². The van der Waals surface area contributed by atoms with Crippen molar-refractivity contribution in [2.24, 2.45) is 5.92 Å². The van der Waals surface area contributed by atoms with Gasteiger partial charge in [-0.3, -0.25) is 4.79 Å². The zero-order valence-corrected chi connectivity index (χ0v) is 13.0. The van der Waals surface area contributed by atoms with Gasteiger partial charge in [0, 0.05) is 25.6 Å². The van der Waals surface area contributed by atoms with E-state index in [1.807, 2.05) is 24.3 Å². The molecular formula is C17H22N2O4. The van der Waals surface area contributed by atoms with Crippen LogP contribution in [0.15, 0.2) is 24.3 Å². The fourth-order valence-corrected chi connectivity index (χ4v) is 3.31. The first kappa shape index (κ1) is 15.6. The molecule has 6 nitrogen and oxygen atoms in total. The molecule has 0 spiro atoms. The minimum atomic E-state index is -0.819. The topological polar surface area (TPSA) is 78.9 Å². The fourth-order valence-electron chi connectivity index (χ4n) is 3.31. The Morgan fingerprint density at radius 2 is 2.13 bits per heavy atom. The van der Waals surface area contributed by atoms with Crippen molar-refractivity contribution in [3.8, 4) is 5.75 Å². The molecule has 0 radical (unpaired) electrons. The lowest BCUT2D eigenvalue weighted by molar-refractivity contribution is -0.143. The number of benzene rings is 1. The summed E-state index contributed by atoms with van der Waals surface area (Å²) in [7, 11) is 0. The Labute approximate surface area is 135 Å². The summed E-state index contributed by atoms with van der Waals surface area (Å²) in [5.41, 5.74) is 1.13. The molecule has 1 saturated heterocycles. The lowest BCUT2D eigenvalue weighted by atomic mass is 9.93. The fraction of sp³-hybridized carbons (Fsp3) is 0.529. The van der Waals surface area contributed by atoms with E-state index in [9.17, 15) is 9.59 Å². The van der Waals surface area contributed by atoms with Gasteiger partial charge in [0.2, 0.25) is 0 Å². The summed E-state index contributed by atoms with van der Waals surface area (Å²) in [6.07, 6.45) is 2.26. The lowest BCUT2D eigenvalue weighted by Gasteiger charge is -2.32. The molecule has 124 valence electrons. The maximum absolute atomic E-state index is 12.3. The van der Waals surface area contributed by atoms with Crippen molar-refractivity contribution < 1.29 is 19.4 Å². The normalized spacial score (nSPS) is 23.6. The number of likely N-dealkylation sites (tertiary alicyclic amines) is 1. The molecule has 2 heterocycles. The third-order valence-electron chi connectivity index (χ3n) is 4.64. The molecule has 3 rings (SSSR count). The molecule has 2 amide bonds. The van der Waals surface area contributed by atoms with Gasteiger partial charge in [-0.2, -0.15) is 0 Å². The molecule has 2 aliphatic rings. The van der Waals surface area contributed by atoms with Crippen LogP contribution in [0, 0.1) is 5.92 Å². The Hall–Kier alpha value is -2.24. The third kappa shape index (κ3) is 3.57. The number of nitrogens with one attached hydrogen (secondary N) is 1. The molecule has 0 aromatic heterocycles. The average Bonchev–Trinajstić information content (AvgIpc) is 2.59. The van der Waals surface area contributed by atoms with E-state index in [2.05, 4.69) is 5.32 Å². The highest BCUT2D eigenvalue weighted by Crippen LogP contribution is 2.32. The third-order valence-corrected chi connectivity index (χ3v) is 4.64. The number of hydrogen-bond donors (Lipinski definition) is 2. The van der Waals surface area contributed by atoms with Crippen LogP contribution in [0.5, 0.6) is 5.75 Å². The van der Waals surface area contributed by atoms with Crippen molar-refractivity contribution in [3.05, 3.63) is 29.8 Å². The molecule has 2 N–H and O–H groups in total. The maximum Gasteiger partial charge on any atom is 0.317 e. The van der Waals surface area contributed by atoms with Crippen molar-refractivity contribution in [1.29, 1.82) is 0 Å². The Kier molecular flexibility index (Phi) is 4.69. The number of fused-ring (bicyclic) bond motifs is 1. The highest BCUT2D eigenvalue weighted by atomic mass is 16.5. The zero-order chi connectivity index (χ0) is 16.2. The predicted octanol–water partition coefficient (Wildman–Crippen LogP) is 2.06. The molecule has 23 heavy (non-hydrogen) atoms. The molecular weight excluding hydrogens is 296 g/mol. The number of nitrogens with zero attached hydrogens (tertiary/aromatic N) is 1. The number of hydrogen-bond acceptors (Lipinski definition) is 3. The van der Waals surface area contributed by atoms with E-state index in [1.165, 1.54) is 0 Å². The predicted molar refractivity (Wildman–Crippen MR) is 84.6 cm³/mol. The van der Waals surface area contributed by atoms with Crippen molar-refractivity contribution in [1.82, 2.24) is 10.2 Å². The Morgan fingerprint density at radius 1 is 1.30 bits per heavy atom. The van der Waals surface area contributed by atoms with Gasteiger partial charge in [0.25, 0.3) is 0 Å².